The summed E-state index contributed by atoms with van der Waals surface area (Å²) in [6.07, 6.45) is 5.91. The van der Waals surface area contributed by atoms with E-state index in [2.05, 4.69) is 66.2 Å². The Kier molecular flexibility index (Phi) is 3.12. The number of hydrogen-bond donors (Lipinski definition) is 0. The van der Waals surface area contributed by atoms with Gasteiger partial charge in [0.15, 0.2) is 0 Å². The molecule has 0 aliphatic heterocycles. The molecule has 0 spiro atoms. The minimum Gasteiger partial charge on any atom is -0.256 e. The minimum absolute atomic E-state index is 1.02. The second kappa shape index (κ2) is 5.27. The first-order valence-corrected chi connectivity index (χ1v) is 7.65. The maximum atomic E-state index is 4.54. The highest BCUT2D eigenvalue weighted by Crippen LogP contribution is 2.35. The zero-order valence-electron chi connectivity index (χ0n) is 12.4. The Bertz CT molecular complexity index is 844. The smallest absolute Gasteiger partial charge is 0.0702 e. The molecule has 1 nitrogen and oxygen atoms in total. The van der Waals surface area contributed by atoms with E-state index in [1.165, 1.54) is 27.8 Å². The van der Waals surface area contributed by atoms with Crippen LogP contribution in [0.25, 0.3) is 28.5 Å². The largest absolute Gasteiger partial charge is 0.256 e. The molecule has 0 atom stereocenters. The van der Waals surface area contributed by atoms with E-state index in [0.717, 1.165) is 24.1 Å². The molecule has 1 aliphatic carbocycles. The average molecular weight is 283 g/mol. The van der Waals surface area contributed by atoms with Crippen LogP contribution in [0.2, 0.25) is 0 Å². The third-order valence-corrected chi connectivity index (χ3v) is 4.39. The molecule has 0 bridgehead atoms. The third kappa shape index (κ3) is 2.15. The fraction of sp³-hybridized carbons (Fsp3) is 0.0952. The summed E-state index contributed by atoms with van der Waals surface area (Å²) >= 11 is 0. The topological polar surface area (TPSA) is 12.9 Å². The van der Waals surface area contributed by atoms with Crippen molar-refractivity contribution in [3.05, 3.63) is 84.1 Å². The summed E-state index contributed by atoms with van der Waals surface area (Å²) in [7, 11) is 0. The Morgan fingerprint density at radius 1 is 0.864 bits per heavy atom. The fourth-order valence-electron chi connectivity index (χ4n) is 3.19. The van der Waals surface area contributed by atoms with Gasteiger partial charge in [0.25, 0.3) is 0 Å². The molecule has 0 unspecified atom stereocenters. The van der Waals surface area contributed by atoms with Gasteiger partial charge in [-0.25, -0.2) is 0 Å². The highest BCUT2D eigenvalue weighted by atomic mass is 14.7. The molecule has 1 aromatic heterocycles. The zero-order valence-corrected chi connectivity index (χ0v) is 12.4. The number of benzene rings is 2. The van der Waals surface area contributed by atoms with Crippen molar-refractivity contribution in [3.63, 3.8) is 0 Å². The number of aryl methyl sites for hydroxylation is 2. The van der Waals surface area contributed by atoms with E-state index in [1.54, 1.807) is 0 Å². The van der Waals surface area contributed by atoms with Crippen LogP contribution in [0, 0.1) is 0 Å². The molecule has 2 aromatic carbocycles. The van der Waals surface area contributed by atoms with Crippen LogP contribution in [0.1, 0.15) is 16.7 Å². The Morgan fingerprint density at radius 2 is 1.68 bits per heavy atom. The van der Waals surface area contributed by atoms with E-state index in [1.807, 2.05) is 12.3 Å². The van der Waals surface area contributed by atoms with E-state index in [9.17, 15) is 0 Å². The molecule has 0 amide bonds. The lowest BCUT2D eigenvalue weighted by atomic mass is 9.84. The van der Waals surface area contributed by atoms with Gasteiger partial charge in [-0.15, -0.1) is 0 Å². The van der Waals surface area contributed by atoms with Gasteiger partial charge in [0.1, 0.15) is 0 Å². The van der Waals surface area contributed by atoms with Crippen molar-refractivity contribution >= 4 is 6.08 Å². The van der Waals surface area contributed by atoms with Gasteiger partial charge in [0, 0.05) is 11.8 Å². The highest BCUT2D eigenvalue weighted by Gasteiger charge is 2.16. The lowest BCUT2D eigenvalue weighted by Gasteiger charge is -2.20. The lowest BCUT2D eigenvalue weighted by molar-refractivity contribution is 0.942. The third-order valence-electron chi connectivity index (χ3n) is 4.39. The molecule has 1 aliphatic rings. The molecule has 4 rings (SSSR count). The quantitative estimate of drug-likeness (QED) is 0.633. The van der Waals surface area contributed by atoms with Gasteiger partial charge < -0.3 is 0 Å². The molecular formula is C21H17N. The van der Waals surface area contributed by atoms with Gasteiger partial charge in [0.2, 0.25) is 0 Å². The van der Waals surface area contributed by atoms with Crippen LogP contribution in [0.5, 0.6) is 0 Å². The van der Waals surface area contributed by atoms with Gasteiger partial charge in [0.05, 0.1) is 5.69 Å². The standard InChI is InChI=1S/C21H17N/c1-2-15-7-12-21(22-14-15)18-10-11-20-17(13-18)9-8-16-5-3-4-6-19(16)20/h2-7,10-14H,1,8-9H2. The number of nitrogens with zero attached hydrogens (tertiary/aromatic N) is 1. The van der Waals surface area contributed by atoms with Crippen molar-refractivity contribution in [1.29, 1.82) is 0 Å². The first kappa shape index (κ1) is 13.0. The van der Waals surface area contributed by atoms with Crippen molar-refractivity contribution in [1.82, 2.24) is 4.98 Å². The van der Waals surface area contributed by atoms with Crippen molar-refractivity contribution in [2.45, 2.75) is 12.8 Å². The van der Waals surface area contributed by atoms with Crippen LogP contribution < -0.4 is 0 Å². The summed E-state index contributed by atoms with van der Waals surface area (Å²) in [5, 5.41) is 0. The first-order chi connectivity index (χ1) is 10.8. The zero-order chi connectivity index (χ0) is 14.9. The van der Waals surface area contributed by atoms with Gasteiger partial charge in [-0.2, -0.15) is 0 Å². The van der Waals surface area contributed by atoms with Crippen molar-refractivity contribution in [2.24, 2.45) is 0 Å². The normalized spacial score (nSPS) is 12.4. The summed E-state index contributed by atoms with van der Waals surface area (Å²) in [6, 6.07) is 19.6. The Balaban J connectivity index is 1.78. The van der Waals surface area contributed by atoms with Crippen LogP contribution in [0.3, 0.4) is 0 Å². The van der Waals surface area contributed by atoms with Crippen LogP contribution in [0.4, 0.5) is 0 Å². The van der Waals surface area contributed by atoms with E-state index in [0.29, 0.717) is 0 Å². The predicted molar refractivity (Wildman–Crippen MR) is 92.6 cm³/mol. The molecule has 0 radical (unpaired) electrons. The van der Waals surface area contributed by atoms with Gasteiger partial charge >= 0.3 is 0 Å². The van der Waals surface area contributed by atoms with Gasteiger partial charge in [-0.05, 0) is 52.8 Å². The van der Waals surface area contributed by atoms with Gasteiger partial charge in [-0.3, -0.25) is 4.98 Å². The summed E-state index contributed by atoms with van der Waals surface area (Å²) in [6.45, 7) is 3.77. The summed E-state index contributed by atoms with van der Waals surface area (Å²) < 4.78 is 0. The maximum Gasteiger partial charge on any atom is 0.0702 e. The first-order valence-electron chi connectivity index (χ1n) is 7.65. The van der Waals surface area contributed by atoms with E-state index < -0.39 is 0 Å². The van der Waals surface area contributed by atoms with Gasteiger partial charge in [-0.1, -0.05) is 55.1 Å². The van der Waals surface area contributed by atoms with Crippen molar-refractivity contribution in [3.8, 4) is 22.4 Å². The molecule has 22 heavy (non-hydrogen) atoms. The Labute approximate surface area is 131 Å². The molecular weight excluding hydrogens is 266 g/mol. The van der Waals surface area contributed by atoms with Crippen LogP contribution >= 0.6 is 0 Å². The number of pyridine rings is 1. The minimum atomic E-state index is 1.02. The van der Waals surface area contributed by atoms with E-state index in [-0.39, 0.29) is 0 Å². The SMILES string of the molecule is C=Cc1ccc(-c2ccc3c(c2)CCc2ccccc2-3)nc1. The van der Waals surface area contributed by atoms with E-state index in [4.69, 9.17) is 0 Å². The number of rotatable bonds is 2. The summed E-state index contributed by atoms with van der Waals surface area (Å²) in [5.74, 6) is 0. The molecule has 0 saturated heterocycles. The van der Waals surface area contributed by atoms with Crippen molar-refractivity contribution in [2.75, 3.05) is 0 Å². The number of fused-ring (bicyclic) bond motifs is 3. The van der Waals surface area contributed by atoms with Crippen LogP contribution in [-0.2, 0) is 12.8 Å². The molecule has 1 heteroatoms. The maximum absolute atomic E-state index is 4.54. The molecule has 0 N–H and O–H groups in total. The highest BCUT2D eigenvalue weighted by molar-refractivity contribution is 5.76. The summed E-state index contributed by atoms with van der Waals surface area (Å²) in [4.78, 5) is 4.54. The second-order valence-electron chi connectivity index (χ2n) is 5.71. The molecule has 106 valence electrons. The van der Waals surface area contributed by atoms with Crippen molar-refractivity contribution < 1.29 is 0 Å². The summed E-state index contributed by atoms with van der Waals surface area (Å²) in [5.41, 5.74) is 8.89. The monoisotopic (exact) mass is 283 g/mol. The Hall–Kier alpha value is -2.67. The lowest BCUT2D eigenvalue weighted by Crippen LogP contribution is -2.03. The Morgan fingerprint density at radius 3 is 2.50 bits per heavy atom. The van der Waals surface area contributed by atoms with Crippen LogP contribution in [-0.4, -0.2) is 4.98 Å². The number of aromatic nitrogens is 1. The number of hydrogen-bond acceptors (Lipinski definition) is 1. The molecule has 0 saturated carbocycles. The average Bonchev–Trinajstić information content (AvgIpc) is 2.61. The second-order valence-corrected chi connectivity index (χ2v) is 5.71. The van der Waals surface area contributed by atoms with Crippen LogP contribution in [0.15, 0.2) is 67.4 Å². The van der Waals surface area contributed by atoms with E-state index >= 15 is 0 Å². The predicted octanol–water partition coefficient (Wildman–Crippen LogP) is 5.16. The molecule has 1 heterocycles. The molecule has 0 fully saturated rings. The fourth-order valence-corrected chi connectivity index (χ4v) is 3.19. The molecule has 3 aromatic rings.